The fourth-order valence-corrected chi connectivity index (χ4v) is 6.56. The summed E-state index contributed by atoms with van der Waals surface area (Å²) in [6, 6.07) is -0.819. The van der Waals surface area contributed by atoms with E-state index in [1.54, 1.807) is 11.0 Å². The van der Waals surface area contributed by atoms with Gasteiger partial charge in [0, 0.05) is 19.5 Å². The number of β-amino-alcohol motifs (C(OH)–C–C–N with tert-alkyl or cyclic N) is 1. The highest BCUT2D eigenvalue weighted by Crippen LogP contribution is 2.60. The summed E-state index contributed by atoms with van der Waals surface area (Å²) in [6.45, 7) is 5.50. The van der Waals surface area contributed by atoms with Gasteiger partial charge in [0.05, 0.1) is 11.5 Å². The lowest BCUT2D eigenvalue weighted by Gasteiger charge is -2.56. The van der Waals surface area contributed by atoms with Crippen LogP contribution in [0.3, 0.4) is 0 Å². The number of carbonyl (C=O) groups excluding carboxylic acids is 3. The summed E-state index contributed by atoms with van der Waals surface area (Å²) < 4.78 is 5.35. The fourth-order valence-electron chi connectivity index (χ4n) is 6.56. The monoisotopic (exact) mass is 404 g/mol. The molecule has 5 aliphatic rings. The summed E-state index contributed by atoms with van der Waals surface area (Å²) >= 11 is 0. The highest BCUT2D eigenvalue weighted by molar-refractivity contribution is 5.90. The van der Waals surface area contributed by atoms with Gasteiger partial charge in [0.15, 0.2) is 6.10 Å². The van der Waals surface area contributed by atoms with Crippen LogP contribution < -0.4 is 5.32 Å². The minimum absolute atomic E-state index is 0.0128. The molecule has 4 aliphatic carbocycles. The van der Waals surface area contributed by atoms with Gasteiger partial charge in [-0.05, 0) is 63.2 Å². The Labute approximate surface area is 171 Å². The summed E-state index contributed by atoms with van der Waals surface area (Å²) in [5, 5.41) is 12.8. The number of likely N-dealkylation sites (tertiary alicyclic amines) is 1. The predicted molar refractivity (Wildman–Crippen MR) is 105 cm³/mol. The van der Waals surface area contributed by atoms with E-state index in [4.69, 9.17) is 4.74 Å². The van der Waals surface area contributed by atoms with Crippen LogP contribution in [-0.2, 0) is 19.1 Å². The second-order valence-electron chi connectivity index (χ2n) is 9.67. The first-order valence-electron chi connectivity index (χ1n) is 10.9. The maximum atomic E-state index is 13.6. The van der Waals surface area contributed by atoms with Gasteiger partial charge in [0.2, 0.25) is 5.91 Å². The second-order valence-corrected chi connectivity index (χ2v) is 9.67. The van der Waals surface area contributed by atoms with Crippen molar-refractivity contribution in [3.05, 3.63) is 12.7 Å². The molecule has 0 aromatic rings. The molecule has 3 atom stereocenters. The van der Waals surface area contributed by atoms with Crippen LogP contribution in [0, 0.1) is 23.2 Å². The van der Waals surface area contributed by atoms with Crippen LogP contribution in [-0.4, -0.2) is 59.1 Å². The van der Waals surface area contributed by atoms with Gasteiger partial charge < -0.3 is 20.1 Å². The molecular formula is C22H32N2O5. The molecule has 2 N–H and O–H groups in total. The van der Waals surface area contributed by atoms with Crippen LogP contribution in [0.15, 0.2) is 12.7 Å². The third kappa shape index (κ3) is 3.81. The SMILES string of the molecule is C=CCNC(=O)[C@H](C)OC(=O)[C@H]1C[C@@H](O)CN1C(=O)C12CC3CC(CC(C3)C1)C2. The molecule has 4 saturated carbocycles. The Bertz CT molecular complexity index is 670. The average molecular weight is 405 g/mol. The lowest BCUT2D eigenvalue weighted by molar-refractivity contribution is -0.168. The number of amides is 2. The number of carbonyl (C=O) groups is 3. The zero-order chi connectivity index (χ0) is 20.8. The van der Waals surface area contributed by atoms with Crippen LogP contribution in [0.1, 0.15) is 51.9 Å². The Morgan fingerprint density at radius 3 is 2.31 bits per heavy atom. The van der Waals surface area contributed by atoms with E-state index in [0.29, 0.717) is 24.3 Å². The first-order valence-corrected chi connectivity index (χ1v) is 10.9. The summed E-state index contributed by atoms with van der Waals surface area (Å²) in [5.74, 6) is 0.862. The highest BCUT2D eigenvalue weighted by atomic mass is 16.5. The molecule has 0 aromatic carbocycles. The van der Waals surface area contributed by atoms with E-state index < -0.39 is 30.1 Å². The van der Waals surface area contributed by atoms with Crippen molar-refractivity contribution in [2.75, 3.05) is 13.1 Å². The topological polar surface area (TPSA) is 95.9 Å². The third-order valence-electron chi connectivity index (χ3n) is 7.39. The molecule has 4 bridgehead atoms. The summed E-state index contributed by atoms with van der Waals surface area (Å²) in [4.78, 5) is 40.0. The van der Waals surface area contributed by atoms with Gasteiger partial charge in [-0.3, -0.25) is 9.59 Å². The maximum absolute atomic E-state index is 13.6. The second kappa shape index (κ2) is 7.74. The molecule has 1 saturated heterocycles. The number of hydrogen-bond acceptors (Lipinski definition) is 5. The summed E-state index contributed by atoms with van der Waals surface area (Å²) in [6.07, 6.45) is 6.44. The minimum Gasteiger partial charge on any atom is -0.451 e. The Kier molecular flexibility index (Phi) is 5.44. The zero-order valence-corrected chi connectivity index (χ0v) is 17.1. The quantitative estimate of drug-likeness (QED) is 0.515. The van der Waals surface area contributed by atoms with E-state index in [1.165, 1.54) is 26.2 Å². The molecule has 1 aliphatic heterocycles. The highest BCUT2D eigenvalue weighted by Gasteiger charge is 2.57. The van der Waals surface area contributed by atoms with Gasteiger partial charge >= 0.3 is 5.97 Å². The van der Waals surface area contributed by atoms with E-state index in [9.17, 15) is 19.5 Å². The van der Waals surface area contributed by atoms with Crippen molar-refractivity contribution in [3.63, 3.8) is 0 Å². The molecule has 2 amide bonds. The Hall–Kier alpha value is -1.89. The number of ether oxygens (including phenoxy) is 1. The van der Waals surface area contributed by atoms with Crippen molar-refractivity contribution >= 4 is 17.8 Å². The van der Waals surface area contributed by atoms with Crippen molar-refractivity contribution in [1.82, 2.24) is 10.2 Å². The smallest absolute Gasteiger partial charge is 0.329 e. The van der Waals surface area contributed by atoms with Crippen LogP contribution in [0.2, 0.25) is 0 Å². The minimum atomic E-state index is -0.961. The van der Waals surface area contributed by atoms with Crippen LogP contribution in [0.5, 0.6) is 0 Å². The first kappa shape index (κ1) is 20.4. The molecule has 0 spiro atoms. The van der Waals surface area contributed by atoms with Crippen molar-refractivity contribution in [2.45, 2.75) is 70.1 Å². The van der Waals surface area contributed by atoms with E-state index >= 15 is 0 Å². The van der Waals surface area contributed by atoms with Gasteiger partial charge in [0.1, 0.15) is 6.04 Å². The van der Waals surface area contributed by atoms with Crippen molar-refractivity contribution in [2.24, 2.45) is 23.2 Å². The van der Waals surface area contributed by atoms with E-state index in [-0.39, 0.29) is 24.3 Å². The number of nitrogens with zero attached hydrogens (tertiary/aromatic N) is 1. The molecule has 160 valence electrons. The fraction of sp³-hybridized carbons (Fsp3) is 0.773. The Morgan fingerprint density at radius 2 is 1.76 bits per heavy atom. The number of aliphatic hydroxyl groups excluding tert-OH is 1. The van der Waals surface area contributed by atoms with Gasteiger partial charge in [0.25, 0.3) is 5.91 Å². The van der Waals surface area contributed by atoms with E-state index in [2.05, 4.69) is 11.9 Å². The number of aliphatic hydroxyl groups is 1. The van der Waals surface area contributed by atoms with Gasteiger partial charge in [-0.25, -0.2) is 4.79 Å². The molecular weight excluding hydrogens is 372 g/mol. The Balaban J connectivity index is 1.45. The van der Waals surface area contributed by atoms with Crippen molar-refractivity contribution in [1.29, 1.82) is 0 Å². The van der Waals surface area contributed by atoms with Crippen LogP contribution in [0.4, 0.5) is 0 Å². The average Bonchev–Trinajstić information content (AvgIpc) is 3.06. The van der Waals surface area contributed by atoms with E-state index in [1.807, 2.05) is 0 Å². The summed E-state index contributed by atoms with van der Waals surface area (Å²) in [5.41, 5.74) is -0.371. The molecule has 0 aromatic heterocycles. The lowest BCUT2D eigenvalue weighted by atomic mass is 9.49. The van der Waals surface area contributed by atoms with E-state index in [0.717, 1.165) is 19.3 Å². The molecule has 5 rings (SSSR count). The number of rotatable bonds is 6. The number of hydrogen-bond donors (Lipinski definition) is 2. The Morgan fingerprint density at radius 1 is 1.17 bits per heavy atom. The normalized spacial score (nSPS) is 38.6. The molecule has 0 unspecified atom stereocenters. The standard InChI is InChI=1S/C22H32N2O5/c1-3-4-23-19(26)13(2)29-20(27)18-8-17(25)12-24(18)21(28)22-9-14-5-15(10-22)7-16(6-14)11-22/h3,13-18,25H,1,4-12H2,2H3,(H,23,26)/t13-,14?,15?,16?,17+,18+,22?/m0/s1. The van der Waals surface area contributed by atoms with Gasteiger partial charge in [-0.15, -0.1) is 6.58 Å². The summed E-state index contributed by atoms with van der Waals surface area (Å²) in [7, 11) is 0. The molecule has 29 heavy (non-hydrogen) atoms. The molecule has 7 nitrogen and oxygen atoms in total. The molecule has 1 heterocycles. The number of esters is 1. The first-order chi connectivity index (χ1) is 13.8. The predicted octanol–water partition coefficient (Wildman–Crippen LogP) is 1.40. The molecule has 0 radical (unpaired) electrons. The van der Waals surface area contributed by atoms with Gasteiger partial charge in [-0.1, -0.05) is 6.08 Å². The van der Waals surface area contributed by atoms with Crippen LogP contribution in [0.25, 0.3) is 0 Å². The molecule has 5 fully saturated rings. The number of nitrogens with one attached hydrogen (secondary N) is 1. The van der Waals surface area contributed by atoms with Gasteiger partial charge in [-0.2, -0.15) is 0 Å². The zero-order valence-electron chi connectivity index (χ0n) is 17.1. The van der Waals surface area contributed by atoms with Crippen molar-refractivity contribution in [3.8, 4) is 0 Å². The largest absolute Gasteiger partial charge is 0.451 e. The van der Waals surface area contributed by atoms with Crippen LogP contribution >= 0.6 is 0 Å². The maximum Gasteiger partial charge on any atom is 0.329 e. The van der Waals surface area contributed by atoms with Crippen molar-refractivity contribution < 1.29 is 24.2 Å². The lowest BCUT2D eigenvalue weighted by Crippen LogP contribution is -2.56. The third-order valence-corrected chi connectivity index (χ3v) is 7.39. The molecule has 7 heteroatoms.